The van der Waals surface area contributed by atoms with Crippen LogP contribution in [0.2, 0.25) is 0 Å². The van der Waals surface area contributed by atoms with Gasteiger partial charge >= 0.3 is 5.97 Å². The van der Waals surface area contributed by atoms with E-state index in [0.29, 0.717) is 0 Å². The molecule has 4 rings (SSSR count). The normalized spacial score (nSPS) is 12.7. The van der Waals surface area contributed by atoms with Crippen LogP contribution in [0.4, 0.5) is 0 Å². The first-order valence-corrected chi connectivity index (χ1v) is 10.9. The number of fused-ring (bicyclic) bond motifs is 3. The number of nitrogens with zero attached hydrogens (tertiary/aromatic N) is 2. The third-order valence-electron chi connectivity index (χ3n) is 5.63. The van der Waals surface area contributed by atoms with E-state index in [4.69, 9.17) is 10.2 Å². The highest BCUT2D eigenvalue weighted by molar-refractivity contribution is 6.06. The van der Waals surface area contributed by atoms with E-state index in [1.807, 2.05) is 65.3 Å². The van der Waals surface area contributed by atoms with Crippen molar-refractivity contribution in [1.82, 2.24) is 9.61 Å². The lowest BCUT2D eigenvalue weighted by atomic mass is 9.95. The molecule has 6 heteroatoms. The monoisotopic (exact) mass is 442 g/mol. The summed E-state index contributed by atoms with van der Waals surface area (Å²) in [6.45, 7) is 4.19. The Morgan fingerprint density at radius 2 is 1.76 bits per heavy atom. The summed E-state index contributed by atoms with van der Waals surface area (Å²) in [4.78, 5) is 22.6. The van der Waals surface area contributed by atoms with Gasteiger partial charge in [0, 0.05) is 28.3 Å². The van der Waals surface area contributed by atoms with Crippen LogP contribution in [0.15, 0.2) is 66.9 Å². The maximum Gasteiger partial charge on any atom is 0.310 e. The summed E-state index contributed by atoms with van der Waals surface area (Å²) in [6, 6.07) is 18.1. The molecule has 0 aliphatic heterocycles. The van der Waals surface area contributed by atoms with E-state index in [2.05, 4.69) is 19.9 Å². The second-order valence-electron chi connectivity index (χ2n) is 8.43. The molecular formula is C27H26N2O4. The van der Waals surface area contributed by atoms with Crippen molar-refractivity contribution in [1.29, 1.82) is 0 Å². The molecule has 0 saturated carbocycles. The average Bonchev–Trinajstić information content (AvgIpc) is 3.12. The average molecular weight is 443 g/mol. The first-order valence-electron chi connectivity index (χ1n) is 10.9. The molecular weight excluding hydrogens is 416 g/mol. The van der Waals surface area contributed by atoms with Crippen LogP contribution in [-0.2, 0) is 9.59 Å². The number of benzene rings is 2. The standard InChI is InChI=1S/C27H26N2O4/c1-17(2)26-23(13-12-20(30)14-21(31)15-24(32)33)25(18-8-4-3-5-9-18)27-22-11-7-6-10-19(22)16-28-29(26)27/h3-13,16-17,20,30H,14-15H2,1-2H3,(H,32,33). The van der Waals surface area contributed by atoms with Gasteiger partial charge in [-0.2, -0.15) is 5.10 Å². The van der Waals surface area contributed by atoms with Crippen LogP contribution in [0.3, 0.4) is 0 Å². The van der Waals surface area contributed by atoms with Gasteiger partial charge in [-0.15, -0.1) is 0 Å². The molecule has 0 aliphatic carbocycles. The highest BCUT2D eigenvalue weighted by atomic mass is 16.4. The summed E-state index contributed by atoms with van der Waals surface area (Å²) in [5.41, 5.74) is 4.93. The molecule has 6 nitrogen and oxygen atoms in total. The predicted octanol–water partition coefficient (Wildman–Crippen LogP) is 5.09. The van der Waals surface area contributed by atoms with Crippen molar-refractivity contribution < 1.29 is 19.8 Å². The van der Waals surface area contributed by atoms with E-state index in [-0.39, 0.29) is 12.3 Å². The lowest BCUT2D eigenvalue weighted by molar-refractivity contribution is -0.140. The van der Waals surface area contributed by atoms with E-state index in [9.17, 15) is 14.7 Å². The number of Topliss-reactive ketones (excluding diaryl/α,β-unsaturated/α-hetero) is 1. The highest BCUT2D eigenvalue weighted by Crippen LogP contribution is 2.40. The van der Waals surface area contributed by atoms with Gasteiger partial charge in [0.05, 0.1) is 23.5 Å². The van der Waals surface area contributed by atoms with Crippen molar-refractivity contribution in [3.63, 3.8) is 0 Å². The lowest BCUT2D eigenvalue weighted by Gasteiger charge is -2.09. The number of carboxylic acid groups (broad SMARTS) is 1. The van der Waals surface area contributed by atoms with Gasteiger partial charge in [0.1, 0.15) is 12.2 Å². The summed E-state index contributed by atoms with van der Waals surface area (Å²) in [6.07, 6.45) is 3.34. The lowest BCUT2D eigenvalue weighted by Crippen LogP contribution is -2.14. The van der Waals surface area contributed by atoms with Crippen LogP contribution in [0.5, 0.6) is 0 Å². The van der Waals surface area contributed by atoms with Crippen LogP contribution < -0.4 is 0 Å². The van der Waals surface area contributed by atoms with E-state index in [1.165, 1.54) is 0 Å². The minimum atomic E-state index is -1.19. The molecule has 0 fully saturated rings. The molecule has 0 radical (unpaired) electrons. The molecule has 0 aliphatic rings. The molecule has 2 heterocycles. The second kappa shape index (κ2) is 9.38. The van der Waals surface area contributed by atoms with Crippen LogP contribution in [0.25, 0.3) is 33.5 Å². The molecule has 0 amide bonds. The van der Waals surface area contributed by atoms with Crippen LogP contribution in [0, 0.1) is 0 Å². The molecule has 1 unspecified atom stereocenters. The molecule has 1 atom stereocenters. The van der Waals surface area contributed by atoms with Crippen LogP contribution in [0.1, 0.15) is 43.9 Å². The Hall–Kier alpha value is -3.77. The van der Waals surface area contributed by atoms with Crippen molar-refractivity contribution >= 4 is 34.1 Å². The number of carboxylic acids is 1. The van der Waals surface area contributed by atoms with Gasteiger partial charge in [-0.3, -0.25) is 9.59 Å². The van der Waals surface area contributed by atoms with E-state index >= 15 is 0 Å². The number of hydrogen-bond donors (Lipinski definition) is 2. The highest BCUT2D eigenvalue weighted by Gasteiger charge is 2.23. The van der Waals surface area contributed by atoms with Gasteiger partial charge in [0.15, 0.2) is 0 Å². The fourth-order valence-electron chi connectivity index (χ4n) is 4.28. The van der Waals surface area contributed by atoms with Crippen molar-refractivity contribution in [3.05, 3.63) is 78.1 Å². The van der Waals surface area contributed by atoms with Gasteiger partial charge in [0.25, 0.3) is 0 Å². The molecule has 0 saturated heterocycles. The largest absolute Gasteiger partial charge is 0.481 e. The molecule has 33 heavy (non-hydrogen) atoms. The summed E-state index contributed by atoms with van der Waals surface area (Å²) in [7, 11) is 0. The van der Waals surface area contributed by atoms with Crippen molar-refractivity contribution in [2.45, 2.75) is 38.7 Å². The van der Waals surface area contributed by atoms with Crippen molar-refractivity contribution in [2.24, 2.45) is 0 Å². The van der Waals surface area contributed by atoms with Gasteiger partial charge in [-0.25, -0.2) is 4.52 Å². The third kappa shape index (κ3) is 4.56. The first kappa shape index (κ1) is 22.4. The summed E-state index contributed by atoms with van der Waals surface area (Å²) in [5, 5.41) is 26.1. The Morgan fingerprint density at radius 1 is 1.06 bits per heavy atom. The fraction of sp³-hybridized carbons (Fsp3) is 0.222. The fourth-order valence-corrected chi connectivity index (χ4v) is 4.28. The zero-order chi connectivity index (χ0) is 23.5. The molecule has 0 spiro atoms. The van der Waals surface area contributed by atoms with Gasteiger partial charge in [-0.1, -0.05) is 80.6 Å². The maximum absolute atomic E-state index is 11.8. The smallest absolute Gasteiger partial charge is 0.310 e. The molecule has 2 aromatic carbocycles. The minimum absolute atomic E-state index is 0.133. The topological polar surface area (TPSA) is 91.9 Å². The Morgan fingerprint density at radius 3 is 2.45 bits per heavy atom. The van der Waals surface area contributed by atoms with Crippen molar-refractivity contribution in [3.8, 4) is 11.1 Å². The molecule has 168 valence electrons. The van der Waals surface area contributed by atoms with Gasteiger partial charge in [-0.05, 0) is 11.5 Å². The number of carbonyl (C=O) groups excluding carboxylic acids is 1. The summed E-state index contributed by atoms with van der Waals surface area (Å²) < 4.78 is 1.97. The molecule has 2 aromatic heterocycles. The number of carbonyl (C=O) groups is 2. The maximum atomic E-state index is 11.8. The Bertz CT molecular complexity index is 1350. The zero-order valence-electron chi connectivity index (χ0n) is 18.6. The number of hydrogen-bond acceptors (Lipinski definition) is 4. The second-order valence-corrected chi connectivity index (χ2v) is 8.43. The Labute approximate surface area is 191 Å². The van der Waals surface area contributed by atoms with Crippen LogP contribution in [-0.4, -0.2) is 37.7 Å². The molecule has 4 aromatic rings. The predicted molar refractivity (Wildman–Crippen MR) is 129 cm³/mol. The SMILES string of the molecule is CC(C)c1c(C=CC(O)CC(=O)CC(=O)O)c(-c2ccccc2)c2c3ccccc3cnn12. The van der Waals surface area contributed by atoms with Gasteiger partial charge in [0.2, 0.25) is 0 Å². The Kier molecular flexibility index (Phi) is 6.38. The number of aliphatic hydroxyl groups is 1. The minimum Gasteiger partial charge on any atom is -0.481 e. The quantitative estimate of drug-likeness (QED) is 0.371. The number of rotatable bonds is 8. The third-order valence-corrected chi connectivity index (χ3v) is 5.63. The van der Waals surface area contributed by atoms with E-state index < -0.39 is 24.3 Å². The number of aliphatic carboxylic acids is 1. The van der Waals surface area contributed by atoms with E-state index in [1.54, 1.807) is 6.08 Å². The van der Waals surface area contributed by atoms with Crippen molar-refractivity contribution in [2.75, 3.05) is 0 Å². The Balaban J connectivity index is 1.93. The number of aliphatic hydroxyl groups excluding tert-OH is 1. The van der Waals surface area contributed by atoms with Crippen LogP contribution >= 0.6 is 0 Å². The summed E-state index contributed by atoms with van der Waals surface area (Å²) >= 11 is 0. The van der Waals surface area contributed by atoms with E-state index in [0.717, 1.165) is 38.7 Å². The number of aromatic nitrogens is 2. The summed E-state index contributed by atoms with van der Waals surface area (Å²) in [5.74, 6) is -1.57. The molecule has 0 bridgehead atoms. The molecule has 2 N–H and O–H groups in total. The zero-order valence-corrected chi connectivity index (χ0v) is 18.6. The number of ketones is 1. The first-order chi connectivity index (χ1) is 15.9. The van der Waals surface area contributed by atoms with Gasteiger partial charge < -0.3 is 10.2 Å².